The van der Waals surface area contributed by atoms with E-state index >= 15 is 0 Å². The fraction of sp³-hybridized carbons (Fsp3) is 0.696. The van der Waals surface area contributed by atoms with Crippen LogP contribution in [0.3, 0.4) is 0 Å². The van der Waals surface area contributed by atoms with Gasteiger partial charge < -0.3 is 24.4 Å². The van der Waals surface area contributed by atoms with Gasteiger partial charge in [0.15, 0.2) is 11.5 Å². The van der Waals surface area contributed by atoms with Crippen LogP contribution in [-0.4, -0.2) is 62.9 Å². The van der Waals surface area contributed by atoms with Gasteiger partial charge in [0.1, 0.15) is 6.10 Å². The van der Waals surface area contributed by atoms with Gasteiger partial charge in [-0.15, -0.1) is 0 Å². The van der Waals surface area contributed by atoms with Crippen LogP contribution < -0.4 is 14.8 Å². The number of hydrogen-bond acceptors (Lipinski definition) is 5. The summed E-state index contributed by atoms with van der Waals surface area (Å²) in [5.41, 5.74) is 0.569. The molecule has 29 heavy (non-hydrogen) atoms. The fourth-order valence-corrected chi connectivity index (χ4v) is 4.45. The molecule has 1 aliphatic heterocycles. The molecule has 2 fully saturated rings. The average molecular weight is 405 g/mol. The average Bonchev–Trinajstić information content (AvgIpc) is 3.29. The lowest BCUT2D eigenvalue weighted by Gasteiger charge is -2.36. The summed E-state index contributed by atoms with van der Waals surface area (Å²) in [4.78, 5) is 15.2. The molecule has 3 rings (SSSR count). The first-order valence-electron chi connectivity index (χ1n) is 11.0. The van der Waals surface area contributed by atoms with Gasteiger partial charge in [0.25, 0.3) is 5.91 Å². The van der Waals surface area contributed by atoms with Crippen molar-refractivity contribution in [1.29, 1.82) is 0 Å². The van der Waals surface area contributed by atoms with Crippen LogP contribution in [0.4, 0.5) is 0 Å². The first-order chi connectivity index (χ1) is 14.1. The number of nitrogens with zero attached hydrogens (tertiary/aromatic N) is 1. The molecule has 1 heterocycles. The molecule has 6 nitrogen and oxygen atoms in total. The molecule has 1 aliphatic carbocycles. The van der Waals surface area contributed by atoms with Crippen molar-refractivity contribution < 1.29 is 19.0 Å². The summed E-state index contributed by atoms with van der Waals surface area (Å²) in [5.74, 6) is 1.20. The second kappa shape index (κ2) is 10.8. The number of likely N-dealkylation sites (tertiary alicyclic amines) is 1. The lowest BCUT2D eigenvalue weighted by molar-refractivity contribution is 0.0750. The van der Waals surface area contributed by atoms with Crippen LogP contribution in [0.15, 0.2) is 18.2 Å². The number of carbonyl (C=O) groups is 1. The lowest BCUT2D eigenvalue weighted by atomic mass is 10.0. The monoisotopic (exact) mass is 404 g/mol. The number of piperidine rings is 1. The summed E-state index contributed by atoms with van der Waals surface area (Å²) in [7, 11) is 3.26. The molecule has 1 unspecified atom stereocenters. The molecule has 6 heteroatoms. The summed E-state index contributed by atoms with van der Waals surface area (Å²) < 4.78 is 16.9. The van der Waals surface area contributed by atoms with E-state index < -0.39 is 0 Å². The third-order valence-corrected chi connectivity index (χ3v) is 6.23. The standard InChI is InChI=1S/C23H36N2O4/c1-4-18(16-27-2)24-23(26)17-9-10-21(22(15-17)28-3)29-20-11-13-25(14-12-20)19-7-5-6-8-19/h9-10,15,18-20H,4-8,11-14,16H2,1-3H3,(H,24,26). The SMILES string of the molecule is CCC(COC)NC(=O)c1ccc(OC2CCN(C3CCCC3)CC2)c(OC)c1. The smallest absolute Gasteiger partial charge is 0.251 e. The van der Waals surface area contributed by atoms with E-state index in [2.05, 4.69) is 10.2 Å². The van der Waals surface area contributed by atoms with Crippen LogP contribution in [0, 0.1) is 0 Å². The van der Waals surface area contributed by atoms with E-state index in [9.17, 15) is 4.79 Å². The number of carbonyl (C=O) groups excluding carboxylic acids is 1. The Bertz CT molecular complexity index is 652. The van der Waals surface area contributed by atoms with Crippen LogP contribution in [0.1, 0.15) is 62.2 Å². The highest BCUT2D eigenvalue weighted by Crippen LogP contribution is 2.32. The molecule has 1 saturated heterocycles. The normalized spacial score (nSPS) is 19.8. The second-order valence-corrected chi connectivity index (χ2v) is 8.19. The number of hydrogen-bond donors (Lipinski definition) is 1. The Balaban J connectivity index is 1.57. The molecule has 0 radical (unpaired) electrons. The molecule has 1 atom stereocenters. The molecule has 1 saturated carbocycles. The van der Waals surface area contributed by atoms with Crippen molar-refractivity contribution >= 4 is 5.91 Å². The Morgan fingerprint density at radius 1 is 1.14 bits per heavy atom. The molecule has 2 aliphatic rings. The van der Waals surface area contributed by atoms with Crippen molar-refractivity contribution in [2.75, 3.05) is 33.9 Å². The van der Waals surface area contributed by atoms with Crippen molar-refractivity contribution in [3.63, 3.8) is 0 Å². The van der Waals surface area contributed by atoms with Gasteiger partial charge in [-0.05, 0) is 50.3 Å². The first kappa shape index (κ1) is 21.9. The van der Waals surface area contributed by atoms with Crippen LogP contribution in [0.25, 0.3) is 0 Å². The molecular formula is C23H36N2O4. The van der Waals surface area contributed by atoms with Gasteiger partial charge in [0.05, 0.1) is 19.8 Å². The highest BCUT2D eigenvalue weighted by atomic mass is 16.5. The van der Waals surface area contributed by atoms with E-state index in [-0.39, 0.29) is 18.1 Å². The Morgan fingerprint density at radius 2 is 1.86 bits per heavy atom. The Morgan fingerprint density at radius 3 is 2.48 bits per heavy atom. The van der Waals surface area contributed by atoms with Crippen LogP contribution in [0.5, 0.6) is 11.5 Å². The van der Waals surface area contributed by atoms with Crippen LogP contribution in [-0.2, 0) is 4.74 Å². The summed E-state index contributed by atoms with van der Waals surface area (Å²) >= 11 is 0. The van der Waals surface area contributed by atoms with Crippen molar-refractivity contribution in [3.8, 4) is 11.5 Å². The number of nitrogens with one attached hydrogen (secondary N) is 1. The van der Waals surface area contributed by atoms with Gasteiger partial charge in [-0.1, -0.05) is 19.8 Å². The largest absolute Gasteiger partial charge is 0.493 e. The van der Waals surface area contributed by atoms with Gasteiger partial charge in [-0.3, -0.25) is 4.79 Å². The number of benzene rings is 1. The minimum Gasteiger partial charge on any atom is -0.493 e. The number of methoxy groups -OCH3 is 2. The van der Waals surface area contributed by atoms with E-state index in [4.69, 9.17) is 14.2 Å². The van der Waals surface area contributed by atoms with Gasteiger partial charge in [-0.25, -0.2) is 0 Å². The molecule has 0 bridgehead atoms. The lowest BCUT2D eigenvalue weighted by Crippen LogP contribution is -2.43. The number of amides is 1. The maximum absolute atomic E-state index is 12.6. The van der Waals surface area contributed by atoms with Crippen molar-refractivity contribution in [1.82, 2.24) is 10.2 Å². The minimum atomic E-state index is -0.122. The number of rotatable bonds is 9. The quantitative estimate of drug-likeness (QED) is 0.681. The predicted molar refractivity (Wildman–Crippen MR) is 114 cm³/mol. The second-order valence-electron chi connectivity index (χ2n) is 8.19. The van der Waals surface area contributed by atoms with Gasteiger partial charge in [-0.2, -0.15) is 0 Å². The summed E-state index contributed by atoms with van der Waals surface area (Å²) in [6, 6.07) is 6.21. The zero-order chi connectivity index (χ0) is 20.6. The Labute approximate surface area is 174 Å². The molecule has 0 aromatic heterocycles. The van der Waals surface area contributed by atoms with Crippen LogP contribution in [0.2, 0.25) is 0 Å². The van der Waals surface area contributed by atoms with Crippen molar-refractivity contribution in [3.05, 3.63) is 23.8 Å². The van der Waals surface area contributed by atoms with E-state index in [0.717, 1.165) is 38.4 Å². The minimum absolute atomic E-state index is 0.000487. The Hall–Kier alpha value is -1.79. The van der Waals surface area contributed by atoms with Gasteiger partial charge in [0.2, 0.25) is 0 Å². The first-order valence-corrected chi connectivity index (χ1v) is 11.0. The zero-order valence-corrected chi connectivity index (χ0v) is 18.1. The highest BCUT2D eigenvalue weighted by molar-refractivity contribution is 5.95. The molecule has 1 aromatic carbocycles. The van der Waals surface area contributed by atoms with E-state index in [1.54, 1.807) is 26.4 Å². The van der Waals surface area contributed by atoms with Gasteiger partial charge >= 0.3 is 0 Å². The summed E-state index contributed by atoms with van der Waals surface area (Å²) in [6.07, 6.45) is 8.56. The van der Waals surface area contributed by atoms with E-state index in [1.165, 1.54) is 25.7 Å². The van der Waals surface area contributed by atoms with Crippen molar-refractivity contribution in [2.24, 2.45) is 0 Å². The van der Waals surface area contributed by atoms with Crippen LogP contribution >= 0.6 is 0 Å². The summed E-state index contributed by atoms with van der Waals surface area (Å²) in [6.45, 7) is 4.74. The third-order valence-electron chi connectivity index (χ3n) is 6.23. The number of ether oxygens (including phenoxy) is 3. The topological polar surface area (TPSA) is 60.0 Å². The third kappa shape index (κ3) is 5.86. The van der Waals surface area contributed by atoms with Gasteiger partial charge in [0, 0.05) is 31.8 Å². The molecule has 1 N–H and O–H groups in total. The molecule has 1 aromatic rings. The maximum atomic E-state index is 12.6. The van der Waals surface area contributed by atoms with E-state index in [0.29, 0.717) is 23.7 Å². The maximum Gasteiger partial charge on any atom is 0.251 e. The zero-order valence-electron chi connectivity index (χ0n) is 18.1. The van der Waals surface area contributed by atoms with E-state index in [1.807, 2.05) is 13.0 Å². The Kier molecular flexibility index (Phi) is 8.19. The molecule has 1 amide bonds. The molecule has 0 spiro atoms. The predicted octanol–water partition coefficient (Wildman–Crippen LogP) is 3.64. The molecular weight excluding hydrogens is 368 g/mol. The highest BCUT2D eigenvalue weighted by Gasteiger charge is 2.28. The molecule has 162 valence electrons. The summed E-state index contributed by atoms with van der Waals surface area (Å²) in [5, 5.41) is 3.00. The van der Waals surface area contributed by atoms with Crippen molar-refractivity contribution in [2.45, 2.75) is 70.1 Å². The fourth-order valence-electron chi connectivity index (χ4n) is 4.45.